The summed E-state index contributed by atoms with van der Waals surface area (Å²) in [5.74, 6) is 0.00384. The molecular weight excluding hydrogens is 304 g/mol. The van der Waals surface area contributed by atoms with Crippen molar-refractivity contribution in [3.63, 3.8) is 0 Å². The van der Waals surface area contributed by atoms with Crippen molar-refractivity contribution in [3.8, 4) is 0 Å². The third-order valence-corrected chi connectivity index (χ3v) is 4.49. The fourth-order valence-corrected chi connectivity index (χ4v) is 3.26. The fraction of sp³-hybridized carbons (Fsp3) is 0.786. The van der Waals surface area contributed by atoms with Crippen molar-refractivity contribution >= 4 is 17.4 Å². The molecule has 0 saturated carbocycles. The van der Waals surface area contributed by atoms with Gasteiger partial charge in [0.25, 0.3) is 5.91 Å². The second kappa shape index (κ2) is 8.52. The number of likely N-dealkylation sites (N-methyl/N-ethyl adjacent to an activating group) is 1. The van der Waals surface area contributed by atoms with E-state index in [-0.39, 0.29) is 18.6 Å². The number of aromatic nitrogens is 2. The van der Waals surface area contributed by atoms with Gasteiger partial charge in [0.05, 0.1) is 31.6 Å². The molecular formula is C14H24N4O3S. The normalized spacial score (nSPS) is 18.9. The van der Waals surface area contributed by atoms with Gasteiger partial charge in [-0.15, -0.1) is 5.10 Å². The Morgan fingerprint density at radius 1 is 1.59 bits per heavy atom. The highest BCUT2D eigenvalue weighted by molar-refractivity contribution is 7.08. The number of aryl methyl sites for hydroxylation is 1. The van der Waals surface area contributed by atoms with Crippen LogP contribution in [0.5, 0.6) is 0 Å². The Hall–Kier alpha value is -1.09. The molecule has 1 aliphatic rings. The maximum absolute atomic E-state index is 12.8. The van der Waals surface area contributed by atoms with Crippen LogP contribution in [0.15, 0.2) is 0 Å². The molecule has 1 aliphatic heterocycles. The number of hydrogen-bond donors (Lipinski definition) is 1. The Morgan fingerprint density at radius 2 is 2.41 bits per heavy atom. The second-order valence-corrected chi connectivity index (χ2v) is 6.27. The largest absolute Gasteiger partial charge is 0.395 e. The van der Waals surface area contributed by atoms with Crippen molar-refractivity contribution in [1.29, 1.82) is 0 Å². The van der Waals surface area contributed by atoms with Crippen LogP contribution in [-0.4, -0.2) is 82.9 Å². The lowest BCUT2D eigenvalue weighted by Crippen LogP contribution is -2.53. The molecule has 0 aliphatic carbocycles. The highest BCUT2D eigenvalue weighted by Gasteiger charge is 2.31. The second-order valence-electron chi connectivity index (χ2n) is 5.51. The molecule has 2 heterocycles. The van der Waals surface area contributed by atoms with Gasteiger partial charge in [-0.3, -0.25) is 4.79 Å². The summed E-state index contributed by atoms with van der Waals surface area (Å²) in [6.45, 7) is 5.11. The van der Waals surface area contributed by atoms with E-state index in [4.69, 9.17) is 9.84 Å². The molecule has 1 unspecified atom stereocenters. The third kappa shape index (κ3) is 4.22. The predicted octanol–water partition coefficient (Wildman–Crippen LogP) is 0.256. The molecule has 1 amide bonds. The van der Waals surface area contributed by atoms with Gasteiger partial charge in [0.1, 0.15) is 4.88 Å². The van der Waals surface area contributed by atoms with E-state index in [1.165, 1.54) is 11.5 Å². The minimum absolute atomic E-state index is 0.00384. The van der Waals surface area contributed by atoms with Gasteiger partial charge in [0, 0.05) is 19.6 Å². The van der Waals surface area contributed by atoms with E-state index in [0.717, 1.165) is 18.5 Å². The van der Waals surface area contributed by atoms with E-state index in [2.05, 4.69) is 16.5 Å². The Balaban J connectivity index is 2.09. The maximum Gasteiger partial charge on any atom is 0.267 e. The number of morpholine rings is 1. The topological polar surface area (TPSA) is 78.8 Å². The molecule has 0 radical (unpaired) electrons. The lowest BCUT2D eigenvalue weighted by molar-refractivity contribution is -0.0107. The number of amides is 1. The monoisotopic (exact) mass is 328 g/mol. The molecule has 0 aromatic carbocycles. The smallest absolute Gasteiger partial charge is 0.267 e. The first-order valence-electron chi connectivity index (χ1n) is 7.66. The van der Waals surface area contributed by atoms with Crippen molar-refractivity contribution in [2.75, 3.05) is 46.5 Å². The van der Waals surface area contributed by atoms with Gasteiger partial charge in [0.15, 0.2) is 0 Å². The average molecular weight is 328 g/mol. The summed E-state index contributed by atoms with van der Waals surface area (Å²) in [5, 5.41) is 13.1. The summed E-state index contributed by atoms with van der Waals surface area (Å²) in [6, 6.07) is -0.00521. The molecule has 1 atom stereocenters. The average Bonchev–Trinajstić information content (AvgIpc) is 2.96. The van der Waals surface area contributed by atoms with Gasteiger partial charge in [0.2, 0.25) is 0 Å². The van der Waals surface area contributed by atoms with Crippen LogP contribution in [0.3, 0.4) is 0 Å². The number of aliphatic hydroxyl groups is 1. The zero-order valence-corrected chi connectivity index (χ0v) is 14.0. The quantitative estimate of drug-likeness (QED) is 0.773. The number of carbonyl (C=O) groups is 1. The lowest BCUT2D eigenvalue weighted by atomic mass is 10.1. The molecule has 2 rings (SSSR count). The number of hydrogen-bond acceptors (Lipinski definition) is 7. The summed E-state index contributed by atoms with van der Waals surface area (Å²) in [6.07, 6.45) is 1.72. The van der Waals surface area contributed by atoms with Crippen LogP contribution in [0.2, 0.25) is 0 Å². The number of nitrogens with zero attached hydrogens (tertiary/aromatic N) is 4. The number of ether oxygens (including phenoxy) is 1. The van der Waals surface area contributed by atoms with Crippen LogP contribution in [-0.2, 0) is 11.2 Å². The summed E-state index contributed by atoms with van der Waals surface area (Å²) in [7, 11) is 1.93. The van der Waals surface area contributed by atoms with E-state index >= 15 is 0 Å². The third-order valence-electron chi connectivity index (χ3n) is 3.73. The van der Waals surface area contributed by atoms with Crippen LogP contribution in [0, 0.1) is 0 Å². The molecule has 0 spiro atoms. The van der Waals surface area contributed by atoms with Crippen molar-refractivity contribution in [2.24, 2.45) is 0 Å². The first-order valence-corrected chi connectivity index (χ1v) is 8.44. The van der Waals surface area contributed by atoms with E-state index in [9.17, 15) is 4.79 Å². The number of carbonyl (C=O) groups excluding carboxylic acids is 1. The minimum atomic E-state index is -0.00521. The van der Waals surface area contributed by atoms with Gasteiger partial charge in [-0.05, 0) is 25.0 Å². The van der Waals surface area contributed by atoms with Crippen LogP contribution in [0.25, 0.3) is 0 Å². The van der Waals surface area contributed by atoms with E-state index in [0.29, 0.717) is 37.7 Å². The van der Waals surface area contributed by atoms with Crippen LogP contribution >= 0.6 is 11.5 Å². The van der Waals surface area contributed by atoms with Crippen LogP contribution in [0.1, 0.15) is 28.7 Å². The molecule has 1 aromatic rings. The van der Waals surface area contributed by atoms with Gasteiger partial charge in [-0.25, -0.2) is 0 Å². The van der Waals surface area contributed by atoms with Gasteiger partial charge in [-0.2, -0.15) is 0 Å². The highest BCUT2D eigenvalue weighted by Crippen LogP contribution is 2.19. The Morgan fingerprint density at radius 3 is 3.14 bits per heavy atom. The Kier molecular flexibility index (Phi) is 6.69. The molecule has 22 heavy (non-hydrogen) atoms. The maximum atomic E-state index is 12.8. The lowest BCUT2D eigenvalue weighted by Gasteiger charge is -2.37. The molecule has 8 heteroatoms. The Bertz CT molecular complexity index is 482. The first-order chi connectivity index (χ1) is 10.7. The van der Waals surface area contributed by atoms with Crippen molar-refractivity contribution in [3.05, 3.63) is 10.6 Å². The highest BCUT2D eigenvalue weighted by atomic mass is 32.1. The predicted molar refractivity (Wildman–Crippen MR) is 84.1 cm³/mol. The number of rotatable bonds is 7. The van der Waals surface area contributed by atoms with E-state index < -0.39 is 0 Å². The SMILES string of the molecule is CCCc1nnsc1C(=O)N1CCOCC1CN(C)CCO. The Labute approximate surface area is 135 Å². The first kappa shape index (κ1) is 17.3. The standard InChI is InChI=1S/C14H24N4O3S/c1-3-4-12-13(22-16-15-12)14(20)18-6-8-21-10-11(18)9-17(2)5-7-19/h11,19H,3-10H2,1-2H3. The number of aliphatic hydroxyl groups excluding tert-OH is 1. The molecule has 0 bridgehead atoms. The van der Waals surface area contributed by atoms with Crippen LogP contribution < -0.4 is 0 Å². The van der Waals surface area contributed by atoms with E-state index in [1.54, 1.807) is 0 Å². The summed E-state index contributed by atoms with van der Waals surface area (Å²) in [4.78, 5) is 17.4. The van der Waals surface area contributed by atoms with Gasteiger partial charge < -0.3 is 19.6 Å². The van der Waals surface area contributed by atoms with Gasteiger partial charge in [-0.1, -0.05) is 17.8 Å². The molecule has 1 saturated heterocycles. The van der Waals surface area contributed by atoms with Crippen molar-refractivity contribution in [1.82, 2.24) is 19.4 Å². The molecule has 1 N–H and O–H groups in total. The van der Waals surface area contributed by atoms with E-state index in [1.807, 2.05) is 16.8 Å². The molecule has 1 aromatic heterocycles. The molecule has 124 valence electrons. The zero-order valence-electron chi connectivity index (χ0n) is 13.2. The van der Waals surface area contributed by atoms with Crippen molar-refractivity contribution in [2.45, 2.75) is 25.8 Å². The summed E-state index contributed by atoms with van der Waals surface area (Å²) in [5.41, 5.74) is 0.798. The van der Waals surface area contributed by atoms with Crippen LogP contribution in [0.4, 0.5) is 0 Å². The minimum Gasteiger partial charge on any atom is -0.395 e. The summed E-state index contributed by atoms with van der Waals surface area (Å²) >= 11 is 1.18. The molecule has 7 nitrogen and oxygen atoms in total. The zero-order chi connectivity index (χ0) is 15.9. The molecule has 1 fully saturated rings. The fourth-order valence-electron chi connectivity index (χ4n) is 2.60. The van der Waals surface area contributed by atoms with Crippen molar-refractivity contribution < 1.29 is 14.6 Å². The summed E-state index contributed by atoms with van der Waals surface area (Å²) < 4.78 is 9.47. The van der Waals surface area contributed by atoms with Gasteiger partial charge >= 0.3 is 0 Å².